The largest absolute Gasteiger partial charge is 0.368 e. The molecular formula is C21H25N7O4S. The summed E-state index contributed by atoms with van der Waals surface area (Å²) in [5, 5.41) is 2.00. The summed E-state index contributed by atoms with van der Waals surface area (Å²) in [5.74, 6) is -0.874. The molecule has 0 saturated carbocycles. The Bertz CT molecular complexity index is 1270. The molecule has 11 nitrogen and oxygen atoms in total. The molecule has 2 aromatic heterocycles. The summed E-state index contributed by atoms with van der Waals surface area (Å²) in [7, 11) is -4.34. The highest BCUT2D eigenvalue weighted by molar-refractivity contribution is 7.92. The third-order valence-electron chi connectivity index (χ3n) is 5.96. The number of hydrogen-bond acceptors (Lipinski definition) is 7. The van der Waals surface area contributed by atoms with Gasteiger partial charge in [0.05, 0.1) is 16.7 Å². The first-order chi connectivity index (χ1) is 15.8. The van der Waals surface area contributed by atoms with E-state index in [9.17, 15) is 18.0 Å². The van der Waals surface area contributed by atoms with E-state index >= 15 is 0 Å². The zero-order valence-corrected chi connectivity index (χ0v) is 18.6. The molecule has 12 heteroatoms. The van der Waals surface area contributed by atoms with Crippen LogP contribution in [-0.2, 0) is 21.2 Å². The number of amides is 3. The minimum Gasteiger partial charge on any atom is -0.368 e. The molecule has 3 heterocycles. The number of pyridine rings is 1. The number of primary amides is 2. The number of aromatic nitrogens is 3. The maximum Gasteiger partial charge on any atom is 0.315 e. The Morgan fingerprint density at radius 2 is 1.97 bits per heavy atom. The number of rotatable bonds is 7. The van der Waals surface area contributed by atoms with E-state index in [1.807, 2.05) is 4.57 Å². The van der Waals surface area contributed by atoms with Gasteiger partial charge in [-0.1, -0.05) is 18.2 Å². The van der Waals surface area contributed by atoms with Crippen molar-refractivity contribution in [1.82, 2.24) is 24.8 Å². The molecule has 1 aliphatic rings. The van der Waals surface area contributed by atoms with E-state index in [0.29, 0.717) is 18.4 Å². The predicted octanol–water partition coefficient (Wildman–Crippen LogP) is 0.220. The number of aryl methyl sites for hydroxylation is 1. The molecule has 3 aromatic rings. The summed E-state index contributed by atoms with van der Waals surface area (Å²) in [4.78, 5) is 34.4. The lowest BCUT2D eigenvalue weighted by molar-refractivity contribution is -0.127. The quantitative estimate of drug-likeness (QED) is 0.443. The van der Waals surface area contributed by atoms with Gasteiger partial charge in [-0.25, -0.2) is 18.2 Å². The number of fused-ring (bicyclic) bond motifs is 1. The summed E-state index contributed by atoms with van der Waals surface area (Å²) < 4.78 is 30.0. The highest BCUT2D eigenvalue weighted by atomic mass is 32.2. The molecule has 0 spiro atoms. The molecule has 5 N–H and O–H groups in total. The van der Waals surface area contributed by atoms with Crippen LogP contribution in [-0.4, -0.2) is 63.8 Å². The van der Waals surface area contributed by atoms with Gasteiger partial charge in [0, 0.05) is 43.6 Å². The highest BCUT2D eigenvalue weighted by Crippen LogP contribution is 2.35. The summed E-state index contributed by atoms with van der Waals surface area (Å²) >= 11 is 0. The number of nitrogens with one attached hydrogen (secondary N) is 1. The molecule has 4 rings (SSSR count). The topological polar surface area (TPSA) is 166 Å². The van der Waals surface area contributed by atoms with Crippen molar-refractivity contribution in [3.63, 3.8) is 0 Å². The highest BCUT2D eigenvalue weighted by Gasteiger charge is 2.57. The van der Waals surface area contributed by atoms with E-state index in [1.54, 1.807) is 43.0 Å². The minimum absolute atomic E-state index is 0.00791. The fourth-order valence-electron chi connectivity index (χ4n) is 4.46. The first-order valence-electron chi connectivity index (χ1n) is 10.4. The molecule has 1 saturated heterocycles. The van der Waals surface area contributed by atoms with Crippen LogP contribution >= 0.6 is 0 Å². The van der Waals surface area contributed by atoms with Crippen LogP contribution in [0.2, 0.25) is 0 Å². The second kappa shape index (κ2) is 8.79. The summed E-state index contributed by atoms with van der Waals surface area (Å²) in [5.41, 5.74) is 9.91. The Hall–Kier alpha value is -3.51. The number of piperazine rings is 1. The lowest BCUT2D eigenvalue weighted by Crippen LogP contribution is -2.75. The molecule has 0 radical (unpaired) electrons. The van der Waals surface area contributed by atoms with Crippen LogP contribution in [0.1, 0.15) is 12.8 Å². The normalized spacial score (nSPS) is 21.2. The molecule has 2 unspecified atom stereocenters. The monoisotopic (exact) mass is 471 g/mol. The predicted molar refractivity (Wildman–Crippen MR) is 120 cm³/mol. The van der Waals surface area contributed by atoms with Gasteiger partial charge < -0.3 is 20.9 Å². The number of para-hydroxylation sites is 1. The van der Waals surface area contributed by atoms with Crippen molar-refractivity contribution in [3.05, 3.63) is 55.2 Å². The number of benzene rings is 1. The molecule has 1 aliphatic heterocycles. The summed E-state index contributed by atoms with van der Waals surface area (Å²) in [6.07, 6.45) is 6.95. The fourth-order valence-corrected chi connectivity index (χ4v) is 6.80. The number of nitrogens with two attached hydrogens (primary N) is 2. The van der Waals surface area contributed by atoms with Gasteiger partial charge in [-0.3, -0.25) is 15.1 Å². The second-order valence-corrected chi connectivity index (χ2v) is 9.90. The van der Waals surface area contributed by atoms with Crippen LogP contribution in [0.25, 0.3) is 10.9 Å². The van der Waals surface area contributed by atoms with Crippen LogP contribution < -0.4 is 16.8 Å². The van der Waals surface area contributed by atoms with E-state index in [4.69, 9.17) is 11.5 Å². The molecule has 0 bridgehead atoms. The van der Waals surface area contributed by atoms with Gasteiger partial charge in [-0.2, -0.15) is 0 Å². The number of nitrogens with zero attached hydrogens (tertiary/aromatic N) is 4. The Balaban J connectivity index is 1.83. The van der Waals surface area contributed by atoms with Crippen molar-refractivity contribution in [3.8, 4) is 0 Å². The second-order valence-electron chi connectivity index (χ2n) is 7.93. The number of carbonyl (C=O) groups is 2. The number of carbonyl (C=O) groups excluding carboxylic acids is 2. The lowest BCUT2D eigenvalue weighted by atomic mass is 9.89. The minimum atomic E-state index is -4.34. The van der Waals surface area contributed by atoms with Crippen molar-refractivity contribution in [2.75, 3.05) is 13.1 Å². The summed E-state index contributed by atoms with van der Waals surface area (Å²) in [6.45, 7) is 0.653. The smallest absolute Gasteiger partial charge is 0.315 e. The molecular weight excluding hydrogens is 446 g/mol. The van der Waals surface area contributed by atoms with Gasteiger partial charge in [0.15, 0.2) is 5.37 Å². The first kappa shape index (κ1) is 22.7. The van der Waals surface area contributed by atoms with E-state index < -0.39 is 32.7 Å². The first-order valence-corrected chi connectivity index (χ1v) is 12.0. The van der Waals surface area contributed by atoms with Crippen molar-refractivity contribution < 1.29 is 18.0 Å². The van der Waals surface area contributed by atoms with E-state index in [2.05, 4.69) is 15.3 Å². The van der Waals surface area contributed by atoms with Crippen molar-refractivity contribution in [1.29, 1.82) is 0 Å². The maximum absolute atomic E-state index is 14.1. The van der Waals surface area contributed by atoms with E-state index in [-0.39, 0.29) is 29.9 Å². The maximum atomic E-state index is 14.1. The van der Waals surface area contributed by atoms with Crippen LogP contribution in [0.4, 0.5) is 4.79 Å². The molecule has 0 aliphatic carbocycles. The van der Waals surface area contributed by atoms with Crippen molar-refractivity contribution >= 4 is 32.7 Å². The average molecular weight is 472 g/mol. The van der Waals surface area contributed by atoms with Crippen LogP contribution in [0.3, 0.4) is 0 Å². The summed E-state index contributed by atoms with van der Waals surface area (Å²) in [6, 6.07) is 7.22. The molecule has 3 amide bonds. The van der Waals surface area contributed by atoms with E-state index in [1.165, 1.54) is 12.3 Å². The SMILES string of the molecule is NC(=O)N1CCNC(CCCn2ccnc2)(C(N)=O)C1S(=O)(=O)c1cccc2cccnc12. The standard InChI is InChI=1S/C21H25N7O4S/c22-18(29)21(7-3-11-27-12-9-24-14-27)19(28(20(23)30)13-10-26-21)33(31,32)16-6-1-4-15-5-2-8-25-17(15)16/h1-2,4-6,8-9,12,14,19,26H,3,7,10-11,13H2,(H2,22,29)(H2,23,30). The van der Waals surface area contributed by atoms with Crippen LogP contribution in [0, 0.1) is 0 Å². The number of hydrogen-bond donors (Lipinski definition) is 3. The Kier molecular flexibility index (Phi) is 6.04. The number of sulfone groups is 1. The van der Waals surface area contributed by atoms with Gasteiger partial charge >= 0.3 is 6.03 Å². The Morgan fingerprint density at radius 3 is 2.67 bits per heavy atom. The third kappa shape index (κ3) is 4.02. The van der Waals surface area contributed by atoms with Gasteiger partial charge in [0.2, 0.25) is 15.7 Å². The van der Waals surface area contributed by atoms with Gasteiger partial charge in [-0.05, 0) is 25.0 Å². The average Bonchev–Trinajstić information content (AvgIpc) is 3.31. The third-order valence-corrected chi connectivity index (χ3v) is 8.15. The van der Waals surface area contributed by atoms with Crippen LogP contribution in [0.5, 0.6) is 0 Å². The van der Waals surface area contributed by atoms with Gasteiger partial charge in [0.25, 0.3) is 0 Å². The Morgan fingerprint density at radius 1 is 1.18 bits per heavy atom. The van der Waals surface area contributed by atoms with Crippen molar-refractivity contribution in [2.45, 2.75) is 35.2 Å². The van der Waals surface area contributed by atoms with Crippen molar-refractivity contribution in [2.24, 2.45) is 11.5 Å². The zero-order chi connectivity index (χ0) is 23.6. The van der Waals surface area contributed by atoms with Gasteiger partial charge in [0.1, 0.15) is 5.54 Å². The van der Waals surface area contributed by atoms with E-state index in [0.717, 1.165) is 4.90 Å². The number of imidazole rings is 1. The van der Waals surface area contributed by atoms with Crippen LogP contribution in [0.15, 0.2) is 60.1 Å². The molecule has 33 heavy (non-hydrogen) atoms. The number of urea groups is 1. The molecule has 174 valence electrons. The van der Waals surface area contributed by atoms with Gasteiger partial charge in [-0.15, -0.1) is 0 Å². The molecule has 2 atom stereocenters. The molecule has 1 fully saturated rings. The Labute approximate surface area is 190 Å². The molecule has 1 aromatic carbocycles. The fraction of sp³-hybridized carbons (Fsp3) is 0.333. The zero-order valence-electron chi connectivity index (χ0n) is 17.8. The lowest BCUT2D eigenvalue weighted by Gasteiger charge is -2.47.